The number of urea groups is 1. The Morgan fingerprint density at radius 1 is 1.21 bits per heavy atom. The number of nitrogens with one attached hydrogen (secondary N) is 2. The molecule has 2 saturated heterocycles. The van der Waals surface area contributed by atoms with Crippen molar-refractivity contribution in [2.75, 3.05) is 13.1 Å². The van der Waals surface area contributed by atoms with Crippen LogP contribution >= 0.6 is 11.6 Å². The maximum Gasteiger partial charge on any atom is 0.322 e. The normalized spacial score (nSPS) is 19.6. The van der Waals surface area contributed by atoms with Crippen molar-refractivity contribution >= 4 is 40.4 Å². The van der Waals surface area contributed by atoms with Crippen molar-refractivity contribution < 1.29 is 18.8 Å². The number of likely N-dealkylation sites (tertiary alicyclic amines) is 1. The van der Waals surface area contributed by atoms with Crippen LogP contribution in [0.25, 0.3) is 11.0 Å². The molecule has 3 heterocycles. The summed E-state index contributed by atoms with van der Waals surface area (Å²) in [5, 5.41) is 6.26. The third-order valence-corrected chi connectivity index (χ3v) is 4.84. The average Bonchev–Trinajstić information content (AvgIpc) is 3.08. The molecule has 4 rings (SSSR count). The topological polar surface area (TPSA) is 91.7 Å². The number of furan rings is 1. The molecule has 1 aromatic carbocycles. The highest BCUT2D eigenvalue weighted by atomic mass is 35.5. The smallest absolute Gasteiger partial charge is 0.322 e. The summed E-state index contributed by atoms with van der Waals surface area (Å²) in [5.41, 5.74) is -0.298. The second kappa shape index (κ2) is 5.24. The van der Waals surface area contributed by atoms with Gasteiger partial charge in [0.25, 0.3) is 11.8 Å². The first-order chi connectivity index (χ1) is 11.5. The number of piperidine rings is 1. The van der Waals surface area contributed by atoms with Crippen LogP contribution in [0.1, 0.15) is 23.4 Å². The molecule has 124 valence electrons. The summed E-state index contributed by atoms with van der Waals surface area (Å²) in [7, 11) is 0. The van der Waals surface area contributed by atoms with Crippen molar-refractivity contribution in [3.63, 3.8) is 0 Å². The molecule has 0 radical (unpaired) electrons. The Labute approximate surface area is 141 Å². The molecule has 2 aromatic rings. The number of nitrogens with zero attached hydrogens (tertiary/aromatic N) is 1. The van der Waals surface area contributed by atoms with E-state index < -0.39 is 11.6 Å². The highest BCUT2D eigenvalue weighted by Gasteiger charge is 2.48. The third kappa shape index (κ3) is 2.32. The van der Waals surface area contributed by atoms with Gasteiger partial charge in [0.1, 0.15) is 11.1 Å². The van der Waals surface area contributed by atoms with E-state index in [0.717, 1.165) is 5.39 Å². The zero-order valence-electron chi connectivity index (χ0n) is 12.6. The molecule has 4 amide bonds. The molecule has 0 aliphatic carbocycles. The molecule has 1 spiro atoms. The first kappa shape index (κ1) is 15.0. The highest BCUT2D eigenvalue weighted by Crippen LogP contribution is 2.28. The molecule has 2 fully saturated rings. The summed E-state index contributed by atoms with van der Waals surface area (Å²) in [5.74, 6) is -0.317. The van der Waals surface area contributed by atoms with Crippen molar-refractivity contribution in [3.05, 3.63) is 35.0 Å². The molecular weight excluding hydrogens is 334 g/mol. The predicted molar refractivity (Wildman–Crippen MR) is 85.8 cm³/mol. The average molecular weight is 348 g/mol. The minimum Gasteiger partial charge on any atom is -0.451 e. The molecule has 0 saturated carbocycles. The summed E-state index contributed by atoms with van der Waals surface area (Å²) in [4.78, 5) is 37.5. The van der Waals surface area contributed by atoms with E-state index >= 15 is 0 Å². The standard InChI is InChI=1S/C16H14ClN3O4/c17-10-1-2-11-9(7-10)8-12(24-11)13(21)20-5-3-16(4-6-20)14(22)18-15(23)19-16/h1-2,7-8H,3-6H2,(H2,18,19,22,23). The second-order valence-electron chi connectivity index (χ2n) is 6.08. The van der Waals surface area contributed by atoms with Crippen LogP contribution in [0, 0.1) is 0 Å². The van der Waals surface area contributed by atoms with E-state index in [4.69, 9.17) is 16.0 Å². The fourth-order valence-electron chi connectivity index (χ4n) is 3.25. The summed E-state index contributed by atoms with van der Waals surface area (Å²) in [6.07, 6.45) is 0.755. The van der Waals surface area contributed by atoms with Crippen LogP contribution in [-0.4, -0.2) is 41.4 Å². The van der Waals surface area contributed by atoms with E-state index in [1.54, 1.807) is 29.2 Å². The molecule has 7 nitrogen and oxygen atoms in total. The molecule has 0 atom stereocenters. The van der Waals surface area contributed by atoms with Crippen LogP contribution in [0.2, 0.25) is 5.02 Å². The number of fused-ring (bicyclic) bond motifs is 1. The lowest BCUT2D eigenvalue weighted by Crippen LogP contribution is -2.55. The van der Waals surface area contributed by atoms with Crippen LogP contribution < -0.4 is 10.6 Å². The Bertz CT molecular complexity index is 867. The predicted octanol–water partition coefficient (Wildman–Crippen LogP) is 1.90. The van der Waals surface area contributed by atoms with Gasteiger partial charge in [0.2, 0.25) is 0 Å². The lowest BCUT2D eigenvalue weighted by atomic mass is 9.87. The van der Waals surface area contributed by atoms with Crippen molar-refractivity contribution in [2.24, 2.45) is 0 Å². The fraction of sp³-hybridized carbons (Fsp3) is 0.312. The van der Waals surface area contributed by atoms with Gasteiger partial charge in [-0.25, -0.2) is 4.79 Å². The Balaban J connectivity index is 1.51. The maximum absolute atomic E-state index is 12.6. The van der Waals surface area contributed by atoms with Gasteiger partial charge in [-0.15, -0.1) is 0 Å². The Kier molecular flexibility index (Phi) is 3.28. The number of imide groups is 1. The molecule has 8 heteroatoms. The van der Waals surface area contributed by atoms with E-state index in [2.05, 4.69) is 10.6 Å². The van der Waals surface area contributed by atoms with E-state index in [9.17, 15) is 14.4 Å². The molecule has 0 bridgehead atoms. The monoisotopic (exact) mass is 347 g/mol. The van der Waals surface area contributed by atoms with E-state index in [1.165, 1.54) is 0 Å². The van der Waals surface area contributed by atoms with Gasteiger partial charge in [-0.2, -0.15) is 0 Å². The number of hydrogen-bond acceptors (Lipinski definition) is 4. The van der Waals surface area contributed by atoms with Crippen molar-refractivity contribution in [1.29, 1.82) is 0 Å². The summed E-state index contributed by atoms with van der Waals surface area (Å²) in [6, 6.07) is 6.35. The van der Waals surface area contributed by atoms with Gasteiger partial charge < -0.3 is 14.6 Å². The number of rotatable bonds is 1. The second-order valence-corrected chi connectivity index (χ2v) is 6.51. The van der Waals surface area contributed by atoms with Crippen LogP contribution in [0.3, 0.4) is 0 Å². The summed E-state index contributed by atoms with van der Waals surface area (Å²) < 4.78 is 5.59. The SMILES string of the molecule is O=C1NC(=O)C2(CCN(C(=O)c3cc4cc(Cl)ccc4o3)CC2)N1. The minimum absolute atomic E-state index is 0.234. The first-order valence-corrected chi connectivity index (χ1v) is 7.97. The van der Waals surface area contributed by atoms with Crippen molar-refractivity contribution in [2.45, 2.75) is 18.4 Å². The van der Waals surface area contributed by atoms with Crippen LogP contribution in [0.4, 0.5) is 4.79 Å². The lowest BCUT2D eigenvalue weighted by Gasteiger charge is -2.36. The molecule has 1 aromatic heterocycles. The van der Waals surface area contributed by atoms with Gasteiger partial charge in [0, 0.05) is 23.5 Å². The van der Waals surface area contributed by atoms with Gasteiger partial charge in [-0.1, -0.05) is 11.6 Å². The summed E-state index contributed by atoms with van der Waals surface area (Å²) in [6.45, 7) is 0.731. The molecule has 24 heavy (non-hydrogen) atoms. The Morgan fingerprint density at radius 2 is 1.96 bits per heavy atom. The van der Waals surface area contributed by atoms with Crippen LogP contribution in [-0.2, 0) is 4.79 Å². The van der Waals surface area contributed by atoms with Crippen LogP contribution in [0.15, 0.2) is 28.7 Å². The van der Waals surface area contributed by atoms with Gasteiger partial charge in [-0.05, 0) is 37.1 Å². The number of amides is 4. The summed E-state index contributed by atoms with van der Waals surface area (Å²) >= 11 is 5.94. The number of halogens is 1. The van der Waals surface area contributed by atoms with E-state index in [-0.39, 0.29) is 17.6 Å². The maximum atomic E-state index is 12.6. The van der Waals surface area contributed by atoms with Gasteiger partial charge in [0.05, 0.1) is 0 Å². The van der Waals surface area contributed by atoms with E-state index in [1.807, 2.05) is 0 Å². The lowest BCUT2D eigenvalue weighted by molar-refractivity contribution is -0.125. The van der Waals surface area contributed by atoms with Gasteiger partial charge >= 0.3 is 6.03 Å². The minimum atomic E-state index is -0.894. The molecule has 2 aliphatic rings. The first-order valence-electron chi connectivity index (χ1n) is 7.59. The number of carbonyl (C=O) groups excluding carboxylic acids is 3. The van der Waals surface area contributed by atoms with Crippen molar-refractivity contribution in [1.82, 2.24) is 15.5 Å². The van der Waals surface area contributed by atoms with Crippen molar-refractivity contribution in [3.8, 4) is 0 Å². The Morgan fingerprint density at radius 3 is 2.62 bits per heavy atom. The Hall–Kier alpha value is -2.54. The molecule has 0 unspecified atom stereocenters. The number of carbonyl (C=O) groups is 3. The number of hydrogen-bond donors (Lipinski definition) is 2. The zero-order valence-corrected chi connectivity index (χ0v) is 13.4. The molecular formula is C16H14ClN3O4. The van der Waals surface area contributed by atoms with E-state index in [0.29, 0.717) is 36.5 Å². The van der Waals surface area contributed by atoms with Gasteiger partial charge in [-0.3, -0.25) is 14.9 Å². The van der Waals surface area contributed by atoms with Gasteiger partial charge in [0.15, 0.2) is 5.76 Å². The quantitative estimate of drug-likeness (QED) is 0.771. The molecule has 2 N–H and O–H groups in total. The highest BCUT2D eigenvalue weighted by molar-refractivity contribution is 6.31. The zero-order chi connectivity index (χ0) is 16.9. The number of benzene rings is 1. The third-order valence-electron chi connectivity index (χ3n) is 4.61. The van der Waals surface area contributed by atoms with Crippen LogP contribution in [0.5, 0.6) is 0 Å². The fourth-order valence-corrected chi connectivity index (χ4v) is 3.43. The largest absolute Gasteiger partial charge is 0.451 e. The molecule has 2 aliphatic heterocycles.